The molecule has 0 saturated heterocycles. The number of nitrogens with zero attached hydrogens (tertiary/aromatic N) is 3. The molecule has 0 fully saturated rings. The number of carbonyl (C=O) groups excluding carboxylic acids is 1. The lowest BCUT2D eigenvalue weighted by Crippen LogP contribution is -2.14. The van der Waals surface area contributed by atoms with E-state index in [0.717, 1.165) is 12.1 Å². The standard InChI is InChI=1S/C23H16F2N4O4/c1-2-3-13-4-9-17(24)16(10-13)23(30)26-15-7-5-14(6-8-15)22-27-19-11-18(25)20(29(32)33)12-21(19)28(22)31/h2-12,31H,1H3,(H,26,30). The van der Waals surface area contributed by atoms with Gasteiger partial charge in [0, 0.05) is 23.4 Å². The van der Waals surface area contributed by atoms with Crippen LogP contribution >= 0.6 is 0 Å². The molecule has 0 aliphatic heterocycles. The van der Waals surface area contributed by atoms with Gasteiger partial charge in [0.25, 0.3) is 5.91 Å². The summed E-state index contributed by atoms with van der Waals surface area (Å²) in [6.07, 6.45) is 3.52. The fourth-order valence-electron chi connectivity index (χ4n) is 3.32. The molecular weight excluding hydrogens is 434 g/mol. The molecule has 1 heterocycles. The molecule has 10 heteroatoms. The smallest absolute Gasteiger partial charge is 0.307 e. The Hall–Kier alpha value is -4.60. The minimum atomic E-state index is -1.07. The number of aromatic nitrogens is 2. The molecule has 1 amide bonds. The average Bonchev–Trinajstić information content (AvgIpc) is 3.10. The lowest BCUT2D eigenvalue weighted by molar-refractivity contribution is -0.387. The third-order valence-corrected chi connectivity index (χ3v) is 4.89. The molecule has 0 saturated carbocycles. The third-order valence-electron chi connectivity index (χ3n) is 4.89. The van der Waals surface area contributed by atoms with E-state index < -0.39 is 28.2 Å². The van der Waals surface area contributed by atoms with Gasteiger partial charge in [0.15, 0.2) is 5.82 Å². The Bertz CT molecular complexity index is 1430. The van der Waals surface area contributed by atoms with E-state index in [9.17, 15) is 28.9 Å². The molecule has 33 heavy (non-hydrogen) atoms. The van der Waals surface area contributed by atoms with E-state index in [0.29, 0.717) is 21.5 Å². The van der Waals surface area contributed by atoms with E-state index in [-0.39, 0.29) is 22.4 Å². The van der Waals surface area contributed by atoms with Gasteiger partial charge in [-0.05, 0) is 48.9 Å². The topological polar surface area (TPSA) is 110 Å². The van der Waals surface area contributed by atoms with Crippen molar-refractivity contribution in [2.45, 2.75) is 6.92 Å². The first-order chi connectivity index (χ1) is 15.8. The van der Waals surface area contributed by atoms with Crippen molar-refractivity contribution in [1.82, 2.24) is 9.71 Å². The zero-order valence-corrected chi connectivity index (χ0v) is 17.1. The molecule has 0 spiro atoms. The number of fused-ring (bicyclic) bond motifs is 1. The summed E-state index contributed by atoms with van der Waals surface area (Å²) in [6, 6.07) is 12.1. The summed E-state index contributed by atoms with van der Waals surface area (Å²) in [5, 5.41) is 23.9. The fourth-order valence-corrected chi connectivity index (χ4v) is 3.32. The van der Waals surface area contributed by atoms with Crippen LogP contribution in [0.5, 0.6) is 0 Å². The molecule has 0 bridgehead atoms. The van der Waals surface area contributed by atoms with Gasteiger partial charge >= 0.3 is 5.69 Å². The zero-order chi connectivity index (χ0) is 23.7. The third kappa shape index (κ3) is 4.13. The van der Waals surface area contributed by atoms with Gasteiger partial charge in [-0.15, -0.1) is 0 Å². The Labute approximate surface area is 185 Å². The first kappa shape index (κ1) is 21.6. The molecule has 4 aromatic rings. The van der Waals surface area contributed by atoms with Crippen molar-refractivity contribution in [2.75, 3.05) is 5.32 Å². The highest BCUT2D eigenvalue weighted by molar-refractivity contribution is 6.04. The van der Waals surface area contributed by atoms with Crippen LogP contribution in [-0.4, -0.2) is 25.8 Å². The summed E-state index contributed by atoms with van der Waals surface area (Å²) in [4.78, 5) is 26.7. The van der Waals surface area contributed by atoms with Gasteiger partial charge in [-0.2, -0.15) is 9.12 Å². The van der Waals surface area contributed by atoms with Gasteiger partial charge < -0.3 is 10.5 Å². The van der Waals surface area contributed by atoms with Crippen molar-refractivity contribution < 1.29 is 23.7 Å². The second-order valence-electron chi connectivity index (χ2n) is 7.07. The number of nitro benzene ring substituents is 1. The normalized spacial score (nSPS) is 11.2. The van der Waals surface area contributed by atoms with Crippen LogP contribution in [-0.2, 0) is 0 Å². The largest absolute Gasteiger partial charge is 0.426 e. The number of halogens is 2. The second-order valence-corrected chi connectivity index (χ2v) is 7.07. The van der Waals surface area contributed by atoms with Crippen LogP contribution < -0.4 is 5.32 Å². The van der Waals surface area contributed by atoms with Crippen LogP contribution in [0.1, 0.15) is 22.8 Å². The Morgan fingerprint density at radius 2 is 1.85 bits per heavy atom. The van der Waals surface area contributed by atoms with Crippen molar-refractivity contribution in [2.24, 2.45) is 0 Å². The molecule has 4 rings (SSSR count). The highest BCUT2D eigenvalue weighted by Crippen LogP contribution is 2.29. The lowest BCUT2D eigenvalue weighted by atomic mass is 10.1. The summed E-state index contributed by atoms with van der Waals surface area (Å²) in [5.41, 5.74) is 0.538. The number of nitro groups is 1. The monoisotopic (exact) mass is 450 g/mol. The maximum absolute atomic E-state index is 14.1. The molecule has 2 N–H and O–H groups in total. The summed E-state index contributed by atoms with van der Waals surface area (Å²) >= 11 is 0. The van der Waals surface area contributed by atoms with E-state index in [1.54, 1.807) is 18.2 Å². The predicted octanol–water partition coefficient (Wildman–Crippen LogP) is 5.41. The SMILES string of the molecule is CC=Cc1ccc(F)c(C(=O)Nc2ccc(-c3nc4cc(F)c([N+](=O)[O-])cc4n3O)cc2)c1. The number of nitrogens with one attached hydrogen (secondary N) is 1. The number of amides is 1. The van der Waals surface area contributed by atoms with E-state index in [1.807, 2.05) is 6.92 Å². The van der Waals surface area contributed by atoms with Crippen molar-refractivity contribution in [3.05, 3.63) is 93.5 Å². The molecular formula is C23H16F2N4O4. The minimum absolute atomic E-state index is 0.0212. The van der Waals surface area contributed by atoms with E-state index in [2.05, 4.69) is 10.3 Å². The summed E-state index contributed by atoms with van der Waals surface area (Å²) in [5.74, 6) is -2.34. The molecule has 0 atom stereocenters. The van der Waals surface area contributed by atoms with Crippen LogP contribution in [0.3, 0.4) is 0 Å². The number of hydrogen-bond donors (Lipinski definition) is 2. The van der Waals surface area contributed by atoms with E-state index >= 15 is 0 Å². The number of allylic oxidation sites excluding steroid dienone is 1. The van der Waals surface area contributed by atoms with Gasteiger partial charge in [0.2, 0.25) is 5.82 Å². The first-order valence-corrected chi connectivity index (χ1v) is 9.68. The molecule has 0 unspecified atom stereocenters. The number of carbonyl (C=O) groups is 1. The summed E-state index contributed by atoms with van der Waals surface area (Å²) in [7, 11) is 0. The molecule has 0 radical (unpaired) electrons. The van der Waals surface area contributed by atoms with Gasteiger partial charge in [-0.3, -0.25) is 14.9 Å². The predicted molar refractivity (Wildman–Crippen MR) is 118 cm³/mol. The van der Waals surface area contributed by atoms with Gasteiger partial charge in [0.05, 0.1) is 16.0 Å². The van der Waals surface area contributed by atoms with Crippen LogP contribution in [0.25, 0.3) is 28.5 Å². The molecule has 0 aliphatic rings. The average molecular weight is 450 g/mol. The summed E-state index contributed by atoms with van der Waals surface area (Å²) < 4.78 is 28.6. The summed E-state index contributed by atoms with van der Waals surface area (Å²) in [6.45, 7) is 1.81. The van der Waals surface area contributed by atoms with Crippen molar-refractivity contribution in [3.63, 3.8) is 0 Å². The molecule has 166 valence electrons. The van der Waals surface area contributed by atoms with Crippen LogP contribution in [0.4, 0.5) is 20.2 Å². The maximum atomic E-state index is 14.1. The van der Waals surface area contributed by atoms with E-state index in [1.165, 1.54) is 36.4 Å². The molecule has 0 aliphatic carbocycles. The second kappa shape index (κ2) is 8.50. The van der Waals surface area contributed by atoms with Crippen LogP contribution in [0, 0.1) is 21.7 Å². The van der Waals surface area contributed by atoms with Crippen LogP contribution in [0.2, 0.25) is 0 Å². The molecule has 8 nitrogen and oxygen atoms in total. The van der Waals surface area contributed by atoms with Crippen LogP contribution in [0.15, 0.2) is 60.7 Å². The lowest BCUT2D eigenvalue weighted by Gasteiger charge is -2.08. The zero-order valence-electron chi connectivity index (χ0n) is 17.1. The first-order valence-electron chi connectivity index (χ1n) is 9.68. The van der Waals surface area contributed by atoms with Crippen molar-refractivity contribution >= 4 is 34.4 Å². The Kier molecular flexibility index (Phi) is 5.57. The fraction of sp³-hybridized carbons (Fsp3) is 0.0435. The van der Waals surface area contributed by atoms with Gasteiger partial charge in [-0.1, -0.05) is 18.2 Å². The maximum Gasteiger partial charge on any atom is 0.307 e. The Morgan fingerprint density at radius 3 is 2.52 bits per heavy atom. The van der Waals surface area contributed by atoms with Gasteiger partial charge in [0.1, 0.15) is 11.3 Å². The van der Waals surface area contributed by atoms with Crippen molar-refractivity contribution in [3.8, 4) is 11.4 Å². The number of imidazole rings is 1. The highest BCUT2D eigenvalue weighted by atomic mass is 19.1. The number of rotatable bonds is 5. The number of hydrogen-bond acceptors (Lipinski definition) is 5. The number of benzene rings is 3. The molecule has 3 aromatic carbocycles. The highest BCUT2D eigenvalue weighted by Gasteiger charge is 2.21. The minimum Gasteiger partial charge on any atom is -0.426 e. The Morgan fingerprint density at radius 1 is 1.12 bits per heavy atom. The Balaban J connectivity index is 1.61. The number of anilines is 1. The van der Waals surface area contributed by atoms with E-state index in [4.69, 9.17) is 0 Å². The quantitative estimate of drug-likeness (QED) is 0.240. The molecule has 1 aromatic heterocycles. The van der Waals surface area contributed by atoms with Gasteiger partial charge in [-0.25, -0.2) is 9.37 Å². The van der Waals surface area contributed by atoms with Crippen molar-refractivity contribution in [1.29, 1.82) is 0 Å².